The molecule has 8 nitrogen and oxygen atoms in total. The predicted octanol–water partition coefficient (Wildman–Crippen LogP) is 4.46. The topological polar surface area (TPSA) is 100 Å². The van der Waals surface area contributed by atoms with Gasteiger partial charge in [-0.15, -0.1) is 11.3 Å². The second kappa shape index (κ2) is 9.82. The van der Waals surface area contributed by atoms with Crippen LogP contribution >= 0.6 is 11.3 Å². The summed E-state index contributed by atoms with van der Waals surface area (Å²) in [7, 11) is 2.87. The molecule has 0 unspecified atom stereocenters. The molecule has 1 aromatic heterocycles. The first-order chi connectivity index (χ1) is 14.5. The van der Waals surface area contributed by atoms with E-state index in [-0.39, 0.29) is 27.6 Å². The molecule has 9 heteroatoms. The van der Waals surface area contributed by atoms with Gasteiger partial charge in [0, 0.05) is 0 Å². The fraction of sp³-hybridized carbons (Fsp3) is 0.409. The SMILES string of the molecule is CCOC(=O)c1c(NC(=O)c2c(OC)cccc2OC)sc(C(=O)OC(C)(C)C)c1C. The van der Waals surface area contributed by atoms with Gasteiger partial charge in [-0.05, 0) is 52.3 Å². The molecule has 0 fully saturated rings. The summed E-state index contributed by atoms with van der Waals surface area (Å²) in [4.78, 5) is 38.6. The molecule has 0 aliphatic carbocycles. The molecule has 0 aliphatic heterocycles. The number of anilines is 1. The number of rotatable bonds is 7. The number of nitrogens with one attached hydrogen (secondary N) is 1. The van der Waals surface area contributed by atoms with Gasteiger partial charge in [0.1, 0.15) is 32.5 Å². The zero-order valence-corrected chi connectivity index (χ0v) is 19.5. The Kier molecular flexibility index (Phi) is 7.67. The number of ether oxygens (including phenoxy) is 4. The lowest BCUT2D eigenvalue weighted by Gasteiger charge is -2.19. The molecule has 1 aromatic carbocycles. The summed E-state index contributed by atoms with van der Waals surface area (Å²) in [6.45, 7) is 8.67. The van der Waals surface area contributed by atoms with Crippen LogP contribution in [0, 0.1) is 6.92 Å². The summed E-state index contributed by atoms with van der Waals surface area (Å²) in [6.07, 6.45) is 0. The smallest absolute Gasteiger partial charge is 0.349 e. The Hall–Kier alpha value is -3.07. The van der Waals surface area contributed by atoms with Gasteiger partial charge in [-0.2, -0.15) is 0 Å². The van der Waals surface area contributed by atoms with Gasteiger partial charge >= 0.3 is 11.9 Å². The molecule has 1 amide bonds. The molecule has 2 rings (SSSR count). The van der Waals surface area contributed by atoms with Crippen LogP contribution in [-0.4, -0.2) is 44.3 Å². The highest BCUT2D eigenvalue weighted by Gasteiger charge is 2.30. The second-order valence-electron chi connectivity index (χ2n) is 7.47. The molecule has 0 atom stereocenters. The number of amides is 1. The average molecular weight is 450 g/mol. The summed E-state index contributed by atoms with van der Waals surface area (Å²) in [6, 6.07) is 4.93. The van der Waals surface area contributed by atoms with Crippen molar-refractivity contribution in [3.63, 3.8) is 0 Å². The molecule has 168 valence electrons. The van der Waals surface area contributed by atoms with Crippen LogP contribution in [0.2, 0.25) is 0 Å². The first kappa shape index (κ1) is 24.2. The Morgan fingerprint density at radius 3 is 2.06 bits per heavy atom. The van der Waals surface area contributed by atoms with Crippen LogP contribution in [0.15, 0.2) is 18.2 Å². The number of carbonyl (C=O) groups is 3. The number of benzene rings is 1. The van der Waals surface area contributed by atoms with Gasteiger partial charge < -0.3 is 24.3 Å². The molecular formula is C22H27NO7S. The highest BCUT2D eigenvalue weighted by atomic mass is 32.1. The number of esters is 2. The minimum Gasteiger partial charge on any atom is -0.496 e. The van der Waals surface area contributed by atoms with E-state index < -0.39 is 23.4 Å². The fourth-order valence-electron chi connectivity index (χ4n) is 2.81. The number of hydrogen-bond donors (Lipinski definition) is 1. The molecule has 0 radical (unpaired) electrons. The van der Waals surface area contributed by atoms with Crippen molar-refractivity contribution in [3.05, 3.63) is 39.8 Å². The van der Waals surface area contributed by atoms with Crippen LogP contribution in [-0.2, 0) is 9.47 Å². The van der Waals surface area contributed by atoms with Crippen LogP contribution in [0.5, 0.6) is 11.5 Å². The van der Waals surface area contributed by atoms with Crippen molar-refractivity contribution in [1.29, 1.82) is 0 Å². The largest absolute Gasteiger partial charge is 0.496 e. The lowest BCUT2D eigenvalue weighted by molar-refractivity contribution is 0.00744. The van der Waals surface area contributed by atoms with Gasteiger partial charge in [0.15, 0.2) is 0 Å². The van der Waals surface area contributed by atoms with Crippen molar-refractivity contribution >= 4 is 34.2 Å². The number of methoxy groups -OCH3 is 2. The van der Waals surface area contributed by atoms with Crippen LogP contribution in [0.3, 0.4) is 0 Å². The first-order valence-corrected chi connectivity index (χ1v) is 10.4. The van der Waals surface area contributed by atoms with E-state index in [0.717, 1.165) is 11.3 Å². The Labute approximate surface area is 185 Å². The summed E-state index contributed by atoms with van der Waals surface area (Å²) < 4.78 is 21.1. The van der Waals surface area contributed by atoms with Crippen molar-refractivity contribution in [2.75, 3.05) is 26.1 Å². The van der Waals surface area contributed by atoms with Gasteiger partial charge in [-0.25, -0.2) is 9.59 Å². The lowest BCUT2D eigenvalue weighted by Crippen LogP contribution is -2.23. The van der Waals surface area contributed by atoms with E-state index >= 15 is 0 Å². The van der Waals surface area contributed by atoms with Crippen molar-refractivity contribution < 1.29 is 33.3 Å². The fourth-order valence-corrected chi connectivity index (χ4v) is 3.88. The molecule has 0 spiro atoms. The number of thiophene rings is 1. The summed E-state index contributed by atoms with van der Waals surface area (Å²) in [5, 5.41) is 2.88. The van der Waals surface area contributed by atoms with Crippen LogP contribution < -0.4 is 14.8 Å². The second-order valence-corrected chi connectivity index (χ2v) is 8.49. The standard InChI is InChI=1S/C22H27NO7S/c1-8-29-20(25)15-12(2)17(21(26)30-22(3,4)5)31-19(15)23-18(24)16-13(27-6)10-9-11-14(16)28-7/h9-11H,8H2,1-7H3,(H,23,24). The molecule has 31 heavy (non-hydrogen) atoms. The van der Waals surface area contributed by atoms with Crippen LogP contribution in [0.25, 0.3) is 0 Å². The molecule has 0 aliphatic rings. The maximum atomic E-state index is 13.1. The lowest BCUT2D eigenvalue weighted by atomic mass is 10.1. The number of hydrogen-bond acceptors (Lipinski definition) is 8. The maximum absolute atomic E-state index is 13.1. The zero-order chi connectivity index (χ0) is 23.3. The molecule has 0 bridgehead atoms. The molecule has 0 saturated carbocycles. The summed E-state index contributed by atoms with van der Waals surface area (Å²) in [5.41, 5.74) is -0.0757. The van der Waals surface area contributed by atoms with Gasteiger partial charge in [-0.1, -0.05) is 6.07 Å². The summed E-state index contributed by atoms with van der Waals surface area (Å²) >= 11 is 0.950. The van der Waals surface area contributed by atoms with Crippen LogP contribution in [0.1, 0.15) is 63.6 Å². The van der Waals surface area contributed by atoms with Crippen molar-refractivity contribution in [1.82, 2.24) is 0 Å². The Morgan fingerprint density at radius 2 is 1.58 bits per heavy atom. The molecule has 1 heterocycles. The third-order valence-corrected chi connectivity index (χ3v) is 5.28. The van der Waals surface area contributed by atoms with Crippen molar-refractivity contribution in [3.8, 4) is 11.5 Å². The van der Waals surface area contributed by atoms with Gasteiger partial charge in [0.2, 0.25) is 0 Å². The van der Waals surface area contributed by atoms with E-state index in [9.17, 15) is 14.4 Å². The normalized spacial score (nSPS) is 10.9. The highest BCUT2D eigenvalue weighted by Crippen LogP contribution is 2.37. The van der Waals surface area contributed by atoms with Gasteiger partial charge in [-0.3, -0.25) is 4.79 Å². The average Bonchev–Trinajstić information content (AvgIpc) is 3.02. The maximum Gasteiger partial charge on any atom is 0.349 e. The Morgan fingerprint density at radius 1 is 1.00 bits per heavy atom. The van der Waals surface area contributed by atoms with E-state index in [2.05, 4.69) is 5.32 Å². The van der Waals surface area contributed by atoms with E-state index in [1.165, 1.54) is 14.2 Å². The molecular weight excluding hydrogens is 422 g/mol. The van der Waals surface area contributed by atoms with Gasteiger partial charge in [0.25, 0.3) is 5.91 Å². The quantitative estimate of drug-likeness (QED) is 0.623. The molecule has 2 aromatic rings. The predicted molar refractivity (Wildman–Crippen MR) is 118 cm³/mol. The van der Waals surface area contributed by atoms with E-state index in [1.54, 1.807) is 52.8 Å². The molecule has 0 saturated heterocycles. The highest BCUT2D eigenvalue weighted by molar-refractivity contribution is 7.18. The van der Waals surface area contributed by atoms with Crippen molar-refractivity contribution in [2.45, 2.75) is 40.2 Å². The summed E-state index contributed by atoms with van der Waals surface area (Å²) in [5.74, 6) is -1.19. The third kappa shape index (κ3) is 5.55. The van der Waals surface area contributed by atoms with Gasteiger partial charge in [0.05, 0.1) is 26.4 Å². The number of carbonyl (C=O) groups excluding carboxylic acids is 3. The van der Waals surface area contributed by atoms with E-state index in [0.29, 0.717) is 17.1 Å². The first-order valence-electron chi connectivity index (χ1n) is 9.60. The van der Waals surface area contributed by atoms with E-state index in [1.807, 2.05) is 0 Å². The third-order valence-electron chi connectivity index (χ3n) is 4.09. The monoisotopic (exact) mass is 449 g/mol. The minimum absolute atomic E-state index is 0.106. The minimum atomic E-state index is -0.716. The van der Waals surface area contributed by atoms with Crippen molar-refractivity contribution in [2.24, 2.45) is 0 Å². The molecule has 1 N–H and O–H groups in total. The zero-order valence-electron chi connectivity index (χ0n) is 18.7. The van der Waals surface area contributed by atoms with Crippen LogP contribution in [0.4, 0.5) is 5.00 Å². The van der Waals surface area contributed by atoms with E-state index in [4.69, 9.17) is 18.9 Å². The Bertz CT molecular complexity index is 966. The Balaban J connectivity index is 2.53.